The summed E-state index contributed by atoms with van der Waals surface area (Å²) in [7, 11) is -9.95. The summed E-state index contributed by atoms with van der Waals surface area (Å²) >= 11 is 0. The van der Waals surface area contributed by atoms with E-state index in [1.165, 1.54) is 141 Å². The summed E-state index contributed by atoms with van der Waals surface area (Å²) in [4.78, 5) is 73.1. The van der Waals surface area contributed by atoms with Gasteiger partial charge in [0, 0.05) is 25.7 Å². The van der Waals surface area contributed by atoms with Crippen LogP contribution in [0.25, 0.3) is 0 Å². The lowest BCUT2D eigenvalue weighted by Gasteiger charge is -2.21. The van der Waals surface area contributed by atoms with Gasteiger partial charge in [0.1, 0.15) is 19.3 Å². The summed E-state index contributed by atoms with van der Waals surface area (Å²) in [6.45, 7) is 4.81. The number of ether oxygens (including phenoxy) is 4. The summed E-state index contributed by atoms with van der Waals surface area (Å²) in [5, 5.41) is 10.7. The van der Waals surface area contributed by atoms with Gasteiger partial charge in [-0.25, -0.2) is 9.13 Å². The highest BCUT2D eigenvalue weighted by Gasteiger charge is 2.30. The molecule has 0 aliphatic heterocycles. The number of aliphatic hydroxyl groups is 1. The smallest absolute Gasteiger partial charge is 0.462 e. The Morgan fingerprint density at radius 1 is 0.279 bits per heavy atom. The van der Waals surface area contributed by atoms with Crippen LogP contribution in [0.1, 0.15) is 387 Å². The van der Waals surface area contributed by atoms with Crippen LogP contribution in [0.3, 0.4) is 0 Å². The van der Waals surface area contributed by atoms with Gasteiger partial charge >= 0.3 is 39.5 Å². The fourth-order valence-electron chi connectivity index (χ4n) is 11.8. The van der Waals surface area contributed by atoms with Crippen LogP contribution < -0.4 is 0 Å². The zero-order chi connectivity index (χ0) is 76.0. The van der Waals surface area contributed by atoms with Crippen LogP contribution in [0, 0.1) is 0 Å². The van der Waals surface area contributed by atoms with Gasteiger partial charge in [0.25, 0.3) is 0 Å². The Balaban J connectivity index is 5.33. The van der Waals surface area contributed by atoms with E-state index in [2.05, 4.69) is 101 Å². The van der Waals surface area contributed by atoms with E-state index in [0.717, 1.165) is 167 Å². The number of hydrogen-bond acceptors (Lipinski definition) is 15. The Morgan fingerprint density at radius 2 is 0.500 bits per heavy atom. The van der Waals surface area contributed by atoms with Gasteiger partial charge < -0.3 is 33.8 Å². The van der Waals surface area contributed by atoms with E-state index < -0.39 is 97.5 Å². The van der Waals surface area contributed by atoms with Crippen LogP contribution in [0.2, 0.25) is 0 Å². The van der Waals surface area contributed by atoms with Crippen LogP contribution in [0.15, 0.2) is 72.9 Å². The standard InChI is InChI=1S/C85H154O17P2/c1-5-9-13-17-21-25-29-33-36-38-39-41-43-47-50-54-58-62-66-70-83(88)96-76-81(102-85(90)72-68-64-60-56-52-48-44-40-37-34-30-26-22-18-14-10-6-2)78-100-104(93,94)98-74-79(86)73-97-103(91,92)99-77-80(101-84(89)71-67-63-59-55-51-45-32-28-24-20-16-12-8-4)75-95-82(87)69-65-61-57-53-49-46-42-35-31-27-23-19-15-11-7-3/h10,14,21-22,25-26,33-34,36-37,39,41,79-81,86H,5-9,11-13,15-20,23-24,27-32,35,38,40,42-78H2,1-4H3,(H,91,92)(H,93,94)/b14-10-,25-21-,26-22-,36-33-,37-34-,41-39-. The van der Waals surface area contributed by atoms with Gasteiger partial charge in [0.2, 0.25) is 0 Å². The first-order valence-corrected chi connectivity index (χ1v) is 45.2. The molecule has 0 bridgehead atoms. The number of aliphatic hydroxyl groups excluding tert-OH is 1. The maximum absolute atomic E-state index is 13.1. The second kappa shape index (κ2) is 77.7. The molecule has 0 aromatic heterocycles. The van der Waals surface area contributed by atoms with Crippen LogP contribution >= 0.6 is 15.6 Å². The van der Waals surface area contributed by atoms with Crippen molar-refractivity contribution in [3.05, 3.63) is 72.9 Å². The molecule has 17 nitrogen and oxygen atoms in total. The largest absolute Gasteiger partial charge is 0.472 e. The number of hydrogen-bond donors (Lipinski definition) is 3. The van der Waals surface area contributed by atoms with Crippen LogP contribution in [0.4, 0.5) is 0 Å². The van der Waals surface area contributed by atoms with Crippen LogP contribution in [0.5, 0.6) is 0 Å². The number of carbonyl (C=O) groups excluding carboxylic acids is 4. The van der Waals surface area contributed by atoms with Crippen molar-refractivity contribution in [2.75, 3.05) is 39.6 Å². The van der Waals surface area contributed by atoms with E-state index in [1.54, 1.807) is 0 Å². The monoisotopic (exact) mass is 1510 g/mol. The lowest BCUT2D eigenvalue weighted by molar-refractivity contribution is -0.161. The molecule has 0 aliphatic carbocycles. The minimum absolute atomic E-state index is 0.0832. The first-order valence-electron chi connectivity index (χ1n) is 42.2. The van der Waals surface area contributed by atoms with E-state index in [1.807, 2.05) is 0 Å². The molecule has 0 saturated carbocycles. The highest BCUT2D eigenvalue weighted by atomic mass is 31.2. The van der Waals surface area contributed by atoms with Gasteiger partial charge in [-0.15, -0.1) is 0 Å². The van der Waals surface area contributed by atoms with Gasteiger partial charge in [0.15, 0.2) is 12.2 Å². The Bertz CT molecular complexity index is 2250. The van der Waals surface area contributed by atoms with Crippen molar-refractivity contribution in [1.82, 2.24) is 0 Å². The number of rotatable bonds is 80. The van der Waals surface area contributed by atoms with Crippen molar-refractivity contribution in [3.63, 3.8) is 0 Å². The van der Waals surface area contributed by atoms with Crippen LogP contribution in [-0.2, 0) is 65.4 Å². The Morgan fingerprint density at radius 3 is 0.788 bits per heavy atom. The molecule has 0 heterocycles. The third-order valence-electron chi connectivity index (χ3n) is 18.2. The predicted molar refractivity (Wildman–Crippen MR) is 427 cm³/mol. The molecule has 5 unspecified atom stereocenters. The van der Waals surface area contributed by atoms with Crippen LogP contribution in [-0.4, -0.2) is 96.7 Å². The molecular weight excluding hydrogens is 1350 g/mol. The normalized spacial score (nSPS) is 14.2. The maximum Gasteiger partial charge on any atom is 0.472 e. The Kier molecular flexibility index (Phi) is 75.0. The fraction of sp³-hybridized carbons (Fsp3) is 0.812. The van der Waals surface area contributed by atoms with Crippen molar-refractivity contribution in [1.29, 1.82) is 0 Å². The zero-order valence-corrected chi connectivity index (χ0v) is 68.2. The lowest BCUT2D eigenvalue weighted by atomic mass is 10.0. The van der Waals surface area contributed by atoms with Gasteiger partial charge in [-0.05, 0) is 96.3 Å². The molecular formula is C85H154O17P2. The lowest BCUT2D eigenvalue weighted by Crippen LogP contribution is -2.30. The van der Waals surface area contributed by atoms with Crippen molar-refractivity contribution >= 4 is 39.5 Å². The number of phosphoric ester groups is 2. The molecule has 0 aromatic rings. The summed E-state index contributed by atoms with van der Waals surface area (Å²) in [5.41, 5.74) is 0. The Hall–Kier alpha value is -3.50. The zero-order valence-electron chi connectivity index (χ0n) is 66.5. The molecule has 0 amide bonds. The molecule has 0 aliphatic rings. The molecule has 0 radical (unpaired) electrons. The molecule has 0 spiro atoms. The van der Waals surface area contributed by atoms with Crippen molar-refractivity contribution in [3.8, 4) is 0 Å². The van der Waals surface area contributed by atoms with Gasteiger partial charge in [0.05, 0.1) is 26.4 Å². The third kappa shape index (κ3) is 76.7. The SMILES string of the molecule is CC/C=C\C/C=C\C/C=C\CCCCCCCCCC(=O)OC(COC(=O)CCCCCCCC/C=C\C/C=C\C/C=C\CCCCC)COP(=O)(O)OCC(O)COP(=O)(O)OCC(COC(=O)CCCCCCCCCCCCCCCCC)OC(=O)CCCCCCCCCCCCCCC. The van der Waals surface area contributed by atoms with Crippen molar-refractivity contribution in [2.45, 2.75) is 406 Å². The molecule has 0 rings (SSSR count). The number of allylic oxidation sites excluding steroid dienone is 12. The molecule has 3 N–H and O–H groups in total. The highest BCUT2D eigenvalue weighted by molar-refractivity contribution is 7.47. The van der Waals surface area contributed by atoms with Gasteiger partial charge in [-0.3, -0.25) is 37.3 Å². The van der Waals surface area contributed by atoms with E-state index >= 15 is 0 Å². The Labute approximate surface area is 634 Å². The van der Waals surface area contributed by atoms with E-state index in [4.69, 9.17) is 37.0 Å². The number of phosphoric acid groups is 2. The van der Waals surface area contributed by atoms with E-state index in [-0.39, 0.29) is 25.7 Å². The molecule has 5 atom stereocenters. The summed E-state index contributed by atoms with van der Waals surface area (Å²) in [6, 6.07) is 0. The second-order valence-corrected chi connectivity index (χ2v) is 31.3. The van der Waals surface area contributed by atoms with E-state index in [9.17, 15) is 43.2 Å². The molecule has 19 heteroatoms. The molecule has 0 fully saturated rings. The molecule has 606 valence electrons. The van der Waals surface area contributed by atoms with Gasteiger partial charge in [-0.1, -0.05) is 338 Å². The molecule has 0 saturated heterocycles. The average molecular weight is 1510 g/mol. The van der Waals surface area contributed by atoms with E-state index in [0.29, 0.717) is 25.7 Å². The summed E-state index contributed by atoms with van der Waals surface area (Å²) < 4.78 is 68.8. The van der Waals surface area contributed by atoms with Gasteiger partial charge in [-0.2, -0.15) is 0 Å². The minimum atomic E-state index is -4.98. The topological polar surface area (TPSA) is 237 Å². The minimum Gasteiger partial charge on any atom is -0.462 e. The number of unbranched alkanes of at least 4 members (excludes halogenated alkanes) is 42. The highest BCUT2D eigenvalue weighted by Crippen LogP contribution is 2.45. The third-order valence-corrected chi connectivity index (χ3v) is 20.1. The summed E-state index contributed by atoms with van der Waals surface area (Å²) in [5.74, 6) is -2.16. The number of carbonyl (C=O) groups is 4. The second-order valence-electron chi connectivity index (χ2n) is 28.4. The van der Waals surface area contributed by atoms with Crippen molar-refractivity contribution < 1.29 is 80.2 Å². The van der Waals surface area contributed by atoms with Crippen molar-refractivity contribution in [2.24, 2.45) is 0 Å². The molecule has 104 heavy (non-hydrogen) atoms. The first-order chi connectivity index (χ1) is 50.7. The number of esters is 4. The average Bonchev–Trinajstić information content (AvgIpc) is 0.917. The quantitative estimate of drug-likeness (QED) is 0.0169. The predicted octanol–water partition coefficient (Wildman–Crippen LogP) is 24.8. The summed E-state index contributed by atoms with van der Waals surface area (Å²) in [6.07, 6.45) is 80.0. The fourth-order valence-corrected chi connectivity index (χ4v) is 13.4. The first kappa shape index (κ1) is 100. The molecule has 0 aromatic carbocycles. The maximum atomic E-state index is 13.1.